The van der Waals surface area contributed by atoms with Crippen LogP contribution in [0, 0.1) is 10.1 Å². The predicted octanol–water partition coefficient (Wildman–Crippen LogP) is 2.66. The van der Waals surface area contributed by atoms with E-state index in [4.69, 9.17) is 0 Å². The second-order valence-electron chi connectivity index (χ2n) is 5.52. The van der Waals surface area contributed by atoms with Gasteiger partial charge in [0.05, 0.1) is 10.7 Å². The zero-order valence-electron chi connectivity index (χ0n) is 14.0. The summed E-state index contributed by atoms with van der Waals surface area (Å²) < 4.78 is 1.82. The smallest absolute Gasteiger partial charge is 0.269 e. The first-order valence-electron chi connectivity index (χ1n) is 7.63. The van der Waals surface area contributed by atoms with Crippen molar-refractivity contribution < 1.29 is 9.72 Å². The normalized spacial score (nSPS) is 10.7. The van der Waals surface area contributed by atoms with Crippen LogP contribution in [0.3, 0.4) is 0 Å². The summed E-state index contributed by atoms with van der Waals surface area (Å²) in [4.78, 5) is 22.1. The first-order chi connectivity index (χ1) is 11.9. The lowest BCUT2D eigenvalue weighted by atomic mass is 10.2. The van der Waals surface area contributed by atoms with E-state index >= 15 is 0 Å². The van der Waals surface area contributed by atoms with Gasteiger partial charge in [0, 0.05) is 30.3 Å². The molecular formula is C16H19N5O3S. The summed E-state index contributed by atoms with van der Waals surface area (Å²) in [5.41, 5.74) is 0.719. The van der Waals surface area contributed by atoms with Crippen molar-refractivity contribution in [2.45, 2.75) is 31.6 Å². The van der Waals surface area contributed by atoms with Gasteiger partial charge in [-0.05, 0) is 26.0 Å². The van der Waals surface area contributed by atoms with Gasteiger partial charge < -0.3 is 5.32 Å². The third-order valence-electron chi connectivity index (χ3n) is 3.15. The van der Waals surface area contributed by atoms with E-state index in [9.17, 15) is 14.9 Å². The maximum absolute atomic E-state index is 11.8. The van der Waals surface area contributed by atoms with Crippen LogP contribution in [-0.2, 0) is 11.3 Å². The third kappa shape index (κ3) is 4.90. The number of hydrogen-bond acceptors (Lipinski definition) is 6. The van der Waals surface area contributed by atoms with Gasteiger partial charge in [0.25, 0.3) is 5.69 Å². The number of aromatic nitrogens is 3. The molecule has 0 aliphatic rings. The van der Waals surface area contributed by atoms with Gasteiger partial charge in [0.1, 0.15) is 0 Å². The van der Waals surface area contributed by atoms with Crippen molar-refractivity contribution in [2.75, 3.05) is 5.75 Å². The Morgan fingerprint density at radius 3 is 2.64 bits per heavy atom. The average Bonchev–Trinajstić information content (AvgIpc) is 2.95. The van der Waals surface area contributed by atoms with Gasteiger partial charge in [-0.2, -0.15) is 0 Å². The Balaban J connectivity index is 2.22. The van der Waals surface area contributed by atoms with Gasteiger partial charge in [-0.15, -0.1) is 16.8 Å². The highest BCUT2D eigenvalue weighted by molar-refractivity contribution is 7.99. The molecule has 0 aliphatic heterocycles. The molecule has 0 spiro atoms. The van der Waals surface area contributed by atoms with Crippen LogP contribution in [0.15, 0.2) is 42.1 Å². The fourth-order valence-electron chi connectivity index (χ4n) is 2.13. The first kappa shape index (κ1) is 18.7. The summed E-state index contributed by atoms with van der Waals surface area (Å²) >= 11 is 1.28. The molecule has 0 saturated heterocycles. The fourth-order valence-corrected chi connectivity index (χ4v) is 2.89. The molecule has 0 aliphatic carbocycles. The van der Waals surface area contributed by atoms with Gasteiger partial charge in [0.15, 0.2) is 11.0 Å². The number of rotatable bonds is 8. The minimum absolute atomic E-state index is 0.0125. The monoisotopic (exact) mass is 361 g/mol. The van der Waals surface area contributed by atoms with Crippen molar-refractivity contribution in [1.82, 2.24) is 20.1 Å². The SMILES string of the molecule is C=CCn1c(SCC(=O)NC(C)C)nnc1-c1ccc([N+](=O)[O-])cc1. The van der Waals surface area contributed by atoms with E-state index in [1.54, 1.807) is 18.2 Å². The zero-order valence-corrected chi connectivity index (χ0v) is 14.8. The lowest BCUT2D eigenvalue weighted by Gasteiger charge is -2.09. The Morgan fingerprint density at radius 2 is 2.08 bits per heavy atom. The van der Waals surface area contributed by atoms with Crippen LogP contribution < -0.4 is 5.32 Å². The number of nitro benzene ring substituents is 1. The molecule has 0 fully saturated rings. The summed E-state index contributed by atoms with van der Waals surface area (Å²) in [5, 5.41) is 22.5. The maximum Gasteiger partial charge on any atom is 0.269 e. The van der Waals surface area contributed by atoms with Crippen molar-refractivity contribution in [1.29, 1.82) is 0 Å². The number of carbonyl (C=O) groups is 1. The summed E-state index contributed by atoms with van der Waals surface area (Å²) in [7, 11) is 0. The van der Waals surface area contributed by atoms with Crippen LogP contribution in [0.25, 0.3) is 11.4 Å². The van der Waals surface area contributed by atoms with Crippen LogP contribution in [0.1, 0.15) is 13.8 Å². The predicted molar refractivity (Wildman–Crippen MR) is 96.3 cm³/mol. The summed E-state index contributed by atoms with van der Waals surface area (Å²) in [6.07, 6.45) is 1.70. The summed E-state index contributed by atoms with van der Waals surface area (Å²) in [6, 6.07) is 6.18. The van der Waals surface area contributed by atoms with Gasteiger partial charge in [-0.25, -0.2) is 0 Å². The number of non-ortho nitro benzene ring substituents is 1. The van der Waals surface area contributed by atoms with Crippen molar-refractivity contribution in [3.8, 4) is 11.4 Å². The molecule has 9 heteroatoms. The average molecular weight is 361 g/mol. The van der Waals surface area contributed by atoms with E-state index in [1.807, 2.05) is 18.4 Å². The fraction of sp³-hybridized carbons (Fsp3) is 0.312. The Kier molecular flexibility index (Phi) is 6.29. The molecule has 0 radical (unpaired) electrons. The number of allylic oxidation sites excluding steroid dienone is 1. The minimum Gasteiger partial charge on any atom is -0.353 e. The van der Waals surface area contributed by atoms with E-state index < -0.39 is 4.92 Å². The number of nitro groups is 1. The molecule has 1 heterocycles. The van der Waals surface area contributed by atoms with Gasteiger partial charge in [0.2, 0.25) is 5.91 Å². The van der Waals surface area contributed by atoms with E-state index in [0.717, 1.165) is 0 Å². The van der Waals surface area contributed by atoms with Crippen LogP contribution in [0.2, 0.25) is 0 Å². The van der Waals surface area contributed by atoms with Crippen LogP contribution in [-0.4, -0.2) is 37.4 Å². The van der Waals surface area contributed by atoms with Crippen LogP contribution in [0.4, 0.5) is 5.69 Å². The Labute approximate surface area is 149 Å². The third-order valence-corrected chi connectivity index (χ3v) is 4.11. The molecular weight excluding hydrogens is 342 g/mol. The Hall–Kier alpha value is -2.68. The standard InChI is InChI=1S/C16H19N5O3S/c1-4-9-20-15(12-5-7-13(8-6-12)21(23)24)18-19-16(20)25-10-14(22)17-11(2)3/h4-8,11H,1,9-10H2,2-3H3,(H,17,22). The highest BCUT2D eigenvalue weighted by Crippen LogP contribution is 2.25. The lowest BCUT2D eigenvalue weighted by molar-refractivity contribution is -0.384. The number of thioether (sulfide) groups is 1. The quantitative estimate of drug-likeness (QED) is 0.335. The van der Waals surface area contributed by atoms with Gasteiger partial charge >= 0.3 is 0 Å². The largest absolute Gasteiger partial charge is 0.353 e. The minimum atomic E-state index is -0.452. The lowest BCUT2D eigenvalue weighted by Crippen LogP contribution is -2.31. The van der Waals surface area contributed by atoms with Gasteiger partial charge in [-0.3, -0.25) is 19.5 Å². The molecule has 0 unspecified atom stereocenters. The molecule has 0 atom stereocenters. The number of benzene rings is 1. The second kappa shape index (κ2) is 8.43. The Morgan fingerprint density at radius 1 is 1.40 bits per heavy atom. The van der Waals surface area contributed by atoms with E-state index in [2.05, 4.69) is 22.1 Å². The van der Waals surface area contributed by atoms with E-state index in [-0.39, 0.29) is 23.4 Å². The van der Waals surface area contributed by atoms with Crippen LogP contribution in [0.5, 0.6) is 0 Å². The zero-order chi connectivity index (χ0) is 18.4. The second-order valence-corrected chi connectivity index (χ2v) is 6.46. The Bertz CT molecular complexity index is 771. The summed E-state index contributed by atoms with van der Waals surface area (Å²) in [6.45, 7) is 7.99. The highest BCUT2D eigenvalue weighted by atomic mass is 32.2. The number of amides is 1. The number of nitrogens with zero attached hydrogens (tertiary/aromatic N) is 4. The number of hydrogen-bond donors (Lipinski definition) is 1. The van der Waals surface area contributed by atoms with Crippen LogP contribution >= 0.6 is 11.8 Å². The molecule has 25 heavy (non-hydrogen) atoms. The molecule has 2 aromatic rings. The van der Waals surface area contributed by atoms with E-state index in [0.29, 0.717) is 23.1 Å². The molecule has 0 saturated carbocycles. The molecule has 2 rings (SSSR count). The van der Waals surface area contributed by atoms with E-state index in [1.165, 1.54) is 23.9 Å². The van der Waals surface area contributed by atoms with Crippen molar-refractivity contribution in [3.05, 3.63) is 47.0 Å². The maximum atomic E-state index is 11.8. The molecule has 1 amide bonds. The van der Waals surface area contributed by atoms with Gasteiger partial charge in [-0.1, -0.05) is 17.8 Å². The molecule has 132 valence electrons. The topological polar surface area (TPSA) is 103 Å². The van der Waals surface area contributed by atoms with Crippen molar-refractivity contribution in [3.63, 3.8) is 0 Å². The molecule has 1 aromatic carbocycles. The number of carbonyl (C=O) groups excluding carboxylic acids is 1. The van der Waals surface area contributed by atoms with Crippen molar-refractivity contribution >= 4 is 23.4 Å². The molecule has 1 N–H and O–H groups in total. The summed E-state index contributed by atoms with van der Waals surface area (Å²) in [5.74, 6) is 0.722. The van der Waals surface area contributed by atoms with Crippen molar-refractivity contribution in [2.24, 2.45) is 0 Å². The molecule has 0 bridgehead atoms. The molecule has 1 aromatic heterocycles. The highest BCUT2D eigenvalue weighted by Gasteiger charge is 2.16. The molecule has 8 nitrogen and oxygen atoms in total. The number of nitrogens with one attached hydrogen (secondary N) is 1. The first-order valence-corrected chi connectivity index (χ1v) is 8.62.